The molecule has 0 spiro atoms. The van der Waals surface area contributed by atoms with E-state index >= 15 is 0 Å². The minimum absolute atomic E-state index is 0.915. The minimum atomic E-state index is 0.915. The summed E-state index contributed by atoms with van der Waals surface area (Å²) in [6, 6.07) is 74.5. The molecule has 0 aliphatic rings. The third-order valence-corrected chi connectivity index (χ3v) is 11.7. The predicted molar refractivity (Wildman–Crippen MR) is 239 cm³/mol. The lowest BCUT2D eigenvalue weighted by Gasteiger charge is -2.13. The molecule has 57 heavy (non-hydrogen) atoms. The zero-order valence-corrected chi connectivity index (χ0v) is 30.9. The Morgan fingerprint density at radius 1 is 0.281 bits per heavy atom. The first kappa shape index (κ1) is 31.7. The number of furan rings is 1. The number of nitrogens with zero attached hydrogens (tertiary/aromatic N) is 2. The number of benzene rings is 9. The van der Waals surface area contributed by atoms with Gasteiger partial charge in [0.2, 0.25) is 0 Å². The lowest BCUT2D eigenvalue weighted by molar-refractivity contribution is 0.670. The van der Waals surface area contributed by atoms with E-state index in [1.807, 2.05) is 12.1 Å². The fourth-order valence-corrected chi connectivity index (χ4v) is 9.10. The fourth-order valence-electron chi connectivity index (χ4n) is 9.10. The van der Waals surface area contributed by atoms with Gasteiger partial charge < -0.3 is 13.6 Å². The fraction of sp³-hybridized carbons (Fsp3) is 0. The molecule has 3 heteroatoms. The van der Waals surface area contributed by atoms with Gasteiger partial charge in [-0.1, -0.05) is 152 Å². The lowest BCUT2D eigenvalue weighted by atomic mass is 9.96. The molecule has 0 N–H and O–H groups in total. The summed E-state index contributed by atoms with van der Waals surface area (Å²) in [4.78, 5) is 0. The van der Waals surface area contributed by atoms with Crippen molar-refractivity contribution in [3.8, 4) is 44.8 Å². The molecular formula is C54H34N2O. The highest BCUT2D eigenvalue weighted by Gasteiger charge is 2.17. The SMILES string of the molecule is c1cc(-c2ccc(-c3cccc(-n4c5ccccc5c5ccc(-n6c7ccccc7c7ccccc76)cc54)c3)cc2)cc(-c2cccc3c2oc2ccccc23)c1. The molecule has 0 amide bonds. The van der Waals surface area contributed by atoms with Gasteiger partial charge in [0.15, 0.2) is 0 Å². The van der Waals surface area contributed by atoms with Crippen LogP contribution in [0.4, 0.5) is 0 Å². The Balaban J connectivity index is 0.935. The van der Waals surface area contributed by atoms with E-state index < -0.39 is 0 Å². The Kier molecular flexibility index (Phi) is 6.93. The van der Waals surface area contributed by atoms with Crippen molar-refractivity contribution in [2.24, 2.45) is 0 Å². The molecule has 0 unspecified atom stereocenters. The molecule has 3 aromatic heterocycles. The predicted octanol–water partition coefficient (Wildman–Crippen LogP) is 14.8. The molecule has 0 aliphatic carbocycles. The Morgan fingerprint density at radius 3 is 1.46 bits per heavy atom. The van der Waals surface area contributed by atoms with Crippen LogP contribution in [0.1, 0.15) is 0 Å². The van der Waals surface area contributed by atoms with Crippen LogP contribution in [0.2, 0.25) is 0 Å². The Bertz CT molecular complexity index is 3470. The Hall–Kier alpha value is -7.62. The van der Waals surface area contributed by atoms with E-state index in [0.717, 1.165) is 44.4 Å². The molecule has 3 nitrogen and oxygen atoms in total. The topological polar surface area (TPSA) is 23.0 Å². The van der Waals surface area contributed by atoms with Gasteiger partial charge in [0.25, 0.3) is 0 Å². The van der Waals surface area contributed by atoms with E-state index in [-0.39, 0.29) is 0 Å². The number of fused-ring (bicyclic) bond motifs is 9. The lowest BCUT2D eigenvalue weighted by Crippen LogP contribution is -1.97. The monoisotopic (exact) mass is 726 g/mol. The van der Waals surface area contributed by atoms with Crippen LogP contribution < -0.4 is 0 Å². The number of rotatable bonds is 5. The first-order chi connectivity index (χ1) is 28.3. The summed E-state index contributed by atoms with van der Waals surface area (Å²) in [5, 5.41) is 7.30. The first-order valence-corrected chi connectivity index (χ1v) is 19.5. The first-order valence-electron chi connectivity index (χ1n) is 19.5. The summed E-state index contributed by atoms with van der Waals surface area (Å²) in [7, 11) is 0. The van der Waals surface area contributed by atoms with Gasteiger partial charge in [-0.25, -0.2) is 0 Å². The van der Waals surface area contributed by atoms with Gasteiger partial charge in [-0.15, -0.1) is 0 Å². The van der Waals surface area contributed by atoms with Gasteiger partial charge in [0.05, 0.1) is 22.1 Å². The molecule has 0 atom stereocenters. The highest BCUT2D eigenvalue weighted by atomic mass is 16.3. The van der Waals surface area contributed by atoms with E-state index in [1.165, 1.54) is 65.9 Å². The number of hydrogen-bond acceptors (Lipinski definition) is 1. The maximum Gasteiger partial charge on any atom is 0.143 e. The molecule has 0 saturated carbocycles. The minimum Gasteiger partial charge on any atom is -0.455 e. The van der Waals surface area contributed by atoms with Crippen molar-refractivity contribution >= 4 is 65.6 Å². The average Bonchev–Trinajstić information content (AvgIpc) is 3.94. The smallest absolute Gasteiger partial charge is 0.143 e. The van der Waals surface area contributed by atoms with Crippen LogP contribution >= 0.6 is 0 Å². The molecule has 0 bridgehead atoms. The molecule has 0 aliphatic heterocycles. The molecule has 0 saturated heterocycles. The Morgan fingerprint density at radius 2 is 0.772 bits per heavy atom. The molecule has 0 fully saturated rings. The standard InChI is InChI=1S/C54H34N2O/c1-5-22-49-43(16-1)44-17-2-6-23-50(44)55(49)41-30-31-46-45-18-3-7-24-51(45)56(52(46)34-41)40-15-10-13-38(33-40)36-28-26-35(27-29-36)37-12-9-14-39(32-37)42-20-11-21-48-47-19-4-8-25-53(47)57-54(42)48/h1-34H. The number of hydrogen-bond donors (Lipinski definition) is 0. The van der Waals surface area contributed by atoms with E-state index in [4.69, 9.17) is 4.42 Å². The molecule has 3 heterocycles. The van der Waals surface area contributed by atoms with E-state index in [9.17, 15) is 0 Å². The normalized spacial score (nSPS) is 11.9. The zero-order chi connectivity index (χ0) is 37.5. The zero-order valence-electron chi connectivity index (χ0n) is 30.9. The van der Waals surface area contributed by atoms with Crippen molar-refractivity contribution < 1.29 is 4.42 Å². The van der Waals surface area contributed by atoms with Crippen molar-refractivity contribution in [2.45, 2.75) is 0 Å². The second-order valence-corrected chi connectivity index (χ2v) is 14.9. The second kappa shape index (κ2) is 12.5. The quantitative estimate of drug-likeness (QED) is 0.173. The van der Waals surface area contributed by atoms with Gasteiger partial charge >= 0.3 is 0 Å². The van der Waals surface area contributed by atoms with Crippen molar-refractivity contribution in [1.82, 2.24) is 9.13 Å². The summed E-state index contributed by atoms with van der Waals surface area (Å²) in [5.74, 6) is 0. The van der Waals surface area contributed by atoms with Crippen molar-refractivity contribution in [3.05, 3.63) is 206 Å². The maximum atomic E-state index is 6.38. The van der Waals surface area contributed by atoms with E-state index in [2.05, 4.69) is 203 Å². The van der Waals surface area contributed by atoms with Crippen molar-refractivity contribution in [2.75, 3.05) is 0 Å². The van der Waals surface area contributed by atoms with Crippen LogP contribution in [0.5, 0.6) is 0 Å². The molecule has 0 radical (unpaired) electrons. The summed E-state index contributed by atoms with van der Waals surface area (Å²) < 4.78 is 11.2. The molecule has 12 rings (SSSR count). The third kappa shape index (κ3) is 4.92. The summed E-state index contributed by atoms with van der Waals surface area (Å²) in [6.45, 7) is 0. The van der Waals surface area contributed by atoms with Crippen LogP contribution in [-0.4, -0.2) is 9.13 Å². The third-order valence-electron chi connectivity index (χ3n) is 11.7. The summed E-state index contributed by atoms with van der Waals surface area (Å²) in [6.07, 6.45) is 0. The summed E-state index contributed by atoms with van der Waals surface area (Å²) >= 11 is 0. The average molecular weight is 727 g/mol. The van der Waals surface area contributed by atoms with E-state index in [1.54, 1.807) is 0 Å². The van der Waals surface area contributed by atoms with Crippen LogP contribution in [0.15, 0.2) is 211 Å². The van der Waals surface area contributed by atoms with Gasteiger partial charge in [-0.2, -0.15) is 0 Å². The van der Waals surface area contributed by atoms with Crippen molar-refractivity contribution in [3.63, 3.8) is 0 Å². The molecule has 266 valence electrons. The van der Waals surface area contributed by atoms with E-state index in [0.29, 0.717) is 0 Å². The number of aromatic nitrogens is 2. The van der Waals surface area contributed by atoms with Gasteiger partial charge in [-0.3, -0.25) is 0 Å². The highest BCUT2D eigenvalue weighted by molar-refractivity contribution is 6.12. The second-order valence-electron chi connectivity index (χ2n) is 14.9. The molecular weight excluding hydrogens is 693 g/mol. The number of para-hydroxylation sites is 5. The Labute approximate surface area is 328 Å². The maximum absolute atomic E-state index is 6.38. The molecule has 9 aromatic carbocycles. The van der Waals surface area contributed by atoms with Crippen molar-refractivity contribution in [1.29, 1.82) is 0 Å². The highest BCUT2D eigenvalue weighted by Crippen LogP contribution is 2.39. The van der Waals surface area contributed by atoms with Crippen LogP contribution in [0.3, 0.4) is 0 Å². The van der Waals surface area contributed by atoms with Gasteiger partial charge in [0.1, 0.15) is 11.2 Å². The largest absolute Gasteiger partial charge is 0.455 e. The molecule has 12 aromatic rings. The van der Waals surface area contributed by atoms with Gasteiger partial charge in [0, 0.05) is 49.3 Å². The van der Waals surface area contributed by atoms with Crippen LogP contribution in [-0.2, 0) is 0 Å². The van der Waals surface area contributed by atoms with Crippen LogP contribution in [0, 0.1) is 0 Å². The van der Waals surface area contributed by atoms with Crippen LogP contribution in [0.25, 0.3) is 110 Å². The summed E-state index contributed by atoms with van der Waals surface area (Å²) in [5.41, 5.74) is 15.9. The van der Waals surface area contributed by atoms with Gasteiger partial charge in [-0.05, 0) is 82.4 Å².